The topological polar surface area (TPSA) is 41.6 Å². The van der Waals surface area contributed by atoms with Gasteiger partial charge in [-0.1, -0.05) is 11.6 Å². The van der Waals surface area contributed by atoms with Gasteiger partial charge in [0.25, 0.3) is 5.91 Å². The first-order valence-corrected chi connectivity index (χ1v) is 8.08. The Kier molecular flexibility index (Phi) is 4.74. The molecule has 2 unspecified atom stereocenters. The van der Waals surface area contributed by atoms with Gasteiger partial charge in [-0.3, -0.25) is 9.69 Å². The summed E-state index contributed by atoms with van der Waals surface area (Å²) in [5, 5.41) is 3.35. The van der Waals surface area contributed by atoms with E-state index >= 15 is 0 Å². The number of hydrogen-bond donors (Lipinski definition) is 2. The van der Waals surface area contributed by atoms with Crippen molar-refractivity contribution in [1.82, 2.24) is 10.2 Å². The normalized spacial score (nSPS) is 25.6. The second kappa shape index (κ2) is 6.57. The Labute approximate surface area is 135 Å². The van der Waals surface area contributed by atoms with Gasteiger partial charge in [0, 0.05) is 24.0 Å². The molecular formula is C15H19ClN2O2S. The van der Waals surface area contributed by atoms with Gasteiger partial charge in [0.2, 0.25) is 0 Å². The van der Waals surface area contributed by atoms with E-state index in [2.05, 4.69) is 22.8 Å². The van der Waals surface area contributed by atoms with Crippen molar-refractivity contribution in [3.05, 3.63) is 28.8 Å². The third kappa shape index (κ3) is 3.54. The molecule has 0 aromatic heterocycles. The van der Waals surface area contributed by atoms with E-state index < -0.39 is 0 Å². The molecule has 1 amide bonds. The average molecular weight is 327 g/mol. The maximum absolute atomic E-state index is 12.2. The molecule has 2 saturated heterocycles. The van der Waals surface area contributed by atoms with Crippen LogP contribution in [0.3, 0.4) is 0 Å². The van der Waals surface area contributed by atoms with Crippen LogP contribution in [-0.2, 0) is 4.74 Å². The van der Waals surface area contributed by atoms with Gasteiger partial charge in [0.1, 0.15) is 0 Å². The summed E-state index contributed by atoms with van der Waals surface area (Å²) < 4.78 is 5.83. The van der Waals surface area contributed by atoms with Crippen LogP contribution >= 0.6 is 24.2 Å². The van der Waals surface area contributed by atoms with E-state index in [1.54, 1.807) is 18.2 Å². The summed E-state index contributed by atoms with van der Waals surface area (Å²) in [7, 11) is 0. The Morgan fingerprint density at radius 1 is 1.52 bits per heavy atom. The molecule has 6 heteroatoms. The van der Waals surface area contributed by atoms with Gasteiger partial charge in [-0.2, -0.15) is 0 Å². The molecule has 2 heterocycles. The van der Waals surface area contributed by atoms with Crippen molar-refractivity contribution in [2.75, 3.05) is 26.2 Å². The van der Waals surface area contributed by atoms with Crippen molar-refractivity contribution in [3.63, 3.8) is 0 Å². The molecule has 2 aliphatic rings. The second-order valence-electron chi connectivity index (χ2n) is 5.62. The molecule has 0 aliphatic carbocycles. The zero-order valence-corrected chi connectivity index (χ0v) is 13.4. The van der Waals surface area contributed by atoms with E-state index in [1.807, 2.05) is 0 Å². The molecule has 1 aromatic rings. The standard InChI is InChI=1S/C15H19ClN2O2S/c16-14-4-3-12(21)6-13(14)15(19)17-7-11-8-18-5-1-2-10(18)9-20-11/h3-4,6,10-11,21H,1-2,5,7-9H2,(H,17,19). The first-order valence-electron chi connectivity index (χ1n) is 7.26. The summed E-state index contributed by atoms with van der Waals surface area (Å²) in [4.78, 5) is 15.4. The fraction of sp³-hybridized carbons (Fsp3) is 0.533. The summed E-state index contributed by atoms with van der Waals surface area (Å²) in [5.74, 6) is -0.178. The molecule has 0 bridgehead atoms. The summed E-state index contributed by atoms with van der Waals surface area (Å²) in [5.41, 5.74) is 0.457. The Hall–Kier alpha value is -0.750. The highest BCUT2D eigenvalue weighted by Crippen LogP contribution is 2.23. The number of hydrogen-bond acceptors (Lipinski definition) is 4. The summed E-state index contributed by atoms with van der Waals surface area (Å²) >= 11 is 10.3. The van der Waals surface area contributed by atoms with Crippen molar-refractivity contribution >= 4 is 30.1 Å². The molecule has 1 N–H and O–H groups in total. The lowest BCUT2D eigenvalue weighted by molar-refractivity contribution is -0.0461. The number of halogens is 1. The monoisotopic (exact) mass is 326 g/mol. The van der Waals surface area contributed by atoms with Gasteiger partial charge in [-0.25, -0.2) is 0 Å². The fourth-order valence-corrected chi connectivity index (χ4v) is 3.41. The maximum atomic E-state index is 12.2. The highest BCUT2D eigenvalue weighted by molar-refractivity contribution is 7.80. The number of fused-ring (bicyclic) bond motifs is 1. The number of morpholine rings is 1. The SMILES string of the molecule is O=C(NCC1CN2CCCC2CO1)c1cc(S)ccc1Cl. The molecule has 2 aliphatic heterocycles. The molecule has 0 spiro atoms. The van der Waals surface area contributed by atoms with Gasteiger partial charge in [-0.15, -0.1) is 12.6 Å². The van der Waals surface area contributed by atoms with Crippen LogP contribution < -0.4 is 5.32 Å². The van der Waals surface area contributed by atoms with Crippen molar-refractivity contribution in [2.24, 2.45) is 0 Å². The fourth-order valence-electron chi connectivity index (χ4n) is 3.00. The number of nitrogens with one attached hydrogen (secondary N) is 1. The maximum Gasteiger partial charge on any atom is 0.252 e. The Morgan fingerprint density at radius 3 is 3.24 bits per heavy atom. The third-order valence-electron chi connectivity index (χ3n) is 4.15. The van der Waals surface area contributed by atoms with Crippen molar-refractivity contribution < 1.29 is 9.53 Å². The highest BCUT2D eigenvalue weighted by Gasteiger charge is 2.32. The number of carbonyl (C=O) groups excluding carboxylic acids is 1. The van der Waals surface area contributed by atoms with E-state index in [9.17, 15) is 4.79 Å². The van der Waals surface area contributed by atoms with E-state index in [1.165, 1.54) is 12.8 Å². The summed E-state index contributed by atoms with van der Waals surface area (Å²) in [6, 6.07) is 5.70. The lowest BCUT2D eigenvalue weighted by atomic mass is 10.1. The van der Waals surface area contributed by atoms with Crippen LogP contribution in [0.2, 0.25) is 5.02 Å². The lowest BCUT2D eigenvalue weighted by Gasteiger charge is -2.35. The molecule has 1 aromatic carbocycles. The first kappa shape index (κ1) is 15.2. The Balaban J connectivity index is 1.55. The van der Waals surface area contributed by atoms with Crippen molar-refractivity contribution in [3.8, 4) is 0 Å². The van der Waals surface area contributed by atoms with Gasteiger partial charge in [0.15, 0.2) is 0 Å². The van der Waals surface area contributed by atoms with Crippen LogP contribution in [0.1, 0.15) is 23.2 Å². The Bertz CT molecular complexity index is 540. The predicted molar refractivity (Wildman–Crippen MR) is 85.4 cm³/mol. The van der Waals surface area contributed by atoms with E-state index in [0.29, 0.717) is 23.2 Å². The average Bonchev–Trinajstić information content (AvgIpc) is 2.94. The van der Waals surface area contributed by atoms with Crippen LogP contribution in [0.4, 0.5) is 0 Å². The number of thiol groups is 1. The zero-order valence-electron chi connectivity index (χ0n) is 11.7. The minimum atomic E-state index is -0.178. The molecule has 114 valence electrons. The van der Waals surface area contributed by atoms with Gasteiger partial charge < -0.3 is 10.1 Å². The molecule has 2 atom stereocenters. The molecule has 4 nitrogen and oxygen atoms in total. The largest absolute Gasteiger partial charge is 0.373 e. The van der Waals surface area contributed by atoms with Crippen LogP contribution in [0.5, 0.6) is 0 Å². The van der Waals surface area contributed by atoms with Crippen molar-refractivity contribution in [2.45, 2.75) is 29.9 Å². The molecule has 21 heavy (non-hydrogen) atoms. The number of benzene rings is 1. The van der Waals surface area contributed by atoms with Crippen molar-refractivity contribution in [1.29, 1.82) is 0 Å². The zero-order chi connectivity index (χ0) is 14.8. The van der Waals surface area contributed by atoms with Crippen LogP contribution in [0.15, 0.2) is 23.1 Å². The molecule has 2 fully saturated rings. The minimum absolute atomic E-state index is 0.0567. The summed E-state index contributed by atoms with van der Waals surface area (Å²) in [6.45, 7) is 3.32. The van der Waals surface area contributed by atoms with Gasteiger partial charge in [-0.05, 0) is 37.6 Å². The van der Waals surface area contributed by atoms with Crippen LogP contribution in [-0.4, -0.2) is 49.2 Å². The quantitative estimate of drug-likeness (QED) is 0.837. The molecule has 3 rings (SSSR count). The third-order valence-corrected chi connectivity index (χ3v) is 4.75. The number of rotatable bonds is 3. The van der Waals surface area contributed by atoms with Crippen LogP contribution in [0, 0.1) is 0 Å². The molecule has 0 radical (unpaired) electrons. The predicted octanol–water partition coefficient (Wildman–Crippen LogP) is 2.22. The number of amides is 1. The molecular weight excluding hydrogens is 308 g/mol. The van der Waals surface area contributed by atoms with E-state index in [0.717, 1.165) is 24.6 Å². The van der Waals surface area contributed by atoms with Gasteiger partial charge >= 0.3 is 0 Å². The Morgan fingerprint density at radius 2 is 2.38 bits per heavy atom. The first-order chi connectivity index (χ1) is 10.1. The van der Waals surface area contributed by atoms with Gasteiger partial charge in [0.05, 0.1) is 23.3 Å². The lowest BCUT2D eigenvalue weighted by Crippen LogP contribution is -2.50. The highest BCUT2D eigenvalue weighted by atomic mass is 35.5. The summed E-state index contributed by atoms with van der Waals surface area (Å²) in [6.07, 6.45) is 2.53. The number of carbonyl (C=O) groups is 1. The molecule has 0 saturated carbocycles. The second-order valence-corrected chi connectivity index (χ2v) is 6.54. The number of ether oxygens (including phenoxy) is 1. The van der Waals surface area contributed by atoms with Crippen LogP contribution in [0.25, 0.3) is 0 Å². The number of nitrogens with zero attached hydrogens (tertiary/aromatic N) is 1. The van der Waals surface area contributed by atoms with E-state index in [-0.39, 0.29) is 12.0 Å². The smallest absolute Gasteiger partial charge is 0.252 e. The van der Waals surface area contributed by atoms with E-state index in [4.69, 9.17) is 16.3 Å². The minimum Gasteiger partial charge on any atom is -0.373 e.